The van der Waals surface area contributed by atoms with Crippen LogP contribution in [0.1, 0.15) is 11.1 Å². The summed E-state index contributed by atoms with van der Waals surface area (Å²) >= 11 is 0. The Labute approximate surface area is 170 Å². The standard InChI is InChI=1S/C22H27FN2O4/c1-27-18-6-5-17(21(14-18)29-3)13-22(26)25-10-8-24(9-11-25)15-16-4-7-20(28-2)19(23)12-16/h4-7,12,14H,8-11,13,15H2,1-3H3. The summed E-state index contributed by atoms with van der Waals surface area (Å²) < 4.78 is 29.4. The Bertz CT molecular complexity index is 851. The van der Waals surface area contributed by atoms with Gasteiger partial charge in [0.1, 0.15) is 11.5 Å². The van der Waals surface area contributed by atoms with E-state index in [0.29, 0.717) is 31.1 Å². The summed E-state index contributed by atoms with van der Waals surface area (Å²) in [5, 5.41) is 0. The monoisotopic (exact) mass is 402 g/mol. The van der Waals surface area contributed by atoms with Gasteiger partial charge in [-0.2, -0.15) is 0 Å². The molecule has 1 aliphatic rings. The lowest BCUT2D eigenvalue weighted by Gasteiger charge is -2.35. The molecule has 2 aromatic rings. The number of methoxy groups -OCH3 is 3. The number of amides is 1. The van der Waals surface area contributed by atoms with E-state index < -0.39 is 0 Å². The predicted molar refractivity (Wildman–Crippen MR) is 108 cm³/mol. The molecule has 7 heteroatoms. The molecule has 0 saturated carbocycles. The minimum atomic E-state index is -0.354. The summed E-state index contributed by atoms with van der Waals surface area (Å²) in [6.07, 6.45) is 0.289. The maximum absolute atomic E-state index is 13.9. The summed E-state index contributed by atoms with van der Waals surface area (Å²) in [7, 11) is 4.64. The van der Waals surface area contributed by atoms with Crippen LogP contribution >= 0.6 is 0 Å². The van der Waals surface area contributed by atoms with Crippen molar-refractivity contribution >= 4 is 5.91 Å². The van der Waals surface area contributed by atoms with Gasteiger partial charge < -0.3 is 19.1 Å². The van der Waals surface area contributed by atoms with Crippen LogP contribution in [-0.4, -0.2) is 63.2 Å². The van der Waals surface area contributed by atoms with Crippen LogP contribution in [0.4, 0.5) is 4.39 Å². The van der Waals surface area contributed by atoms with Gasteiger partial charge in [-0.15, -0.1) is 0 Å². The zero-order chi connectivity index (χ0) is 20.8. The van der Waals surface area contributed by atoms with Crippen LogP contribution in [0.2, 0.25) is 0 Å². The number of benzene rings is 2. The minimum absolute atomic E-state index is 0.0728. The molecule has 0 aliphatic carbocycles. The van der Waals surface area contributed by atoms with Gasteiger partial charge in [0, 0.05) is 44.4 Å². The fourth-order valence-electron chi connectivity index (χ4n) is 3.49. The first-order chi connectivity index (χ1) is 14.0. The van der Waals surface area contributed by atoms with Gasteiger partial charge in [0.2, 0.25) is 5.91 Å². The fraction of sp³-hybridized carbons (Fsp3) is 0.409. The molecule has 29 heavy (non-hydrogen) atoms. The second kappa shape index (κ2) is 9.60. The highest BCUT2D eigenvalue weighted by Gasteiger charge is 2.22. The van der Waals surface area contributed by atoms with Gasteiger partial charge in [-0.05, 0) is 23.8 Å². The number of ether oxygens (including phenoxy) is 3. The number of piperazine rings is 1. The van der Waals surface area contributed by atoms with Crippen molar-refractivity contribution in [3.63, 3.8) is 0 Å². The molecule has 1 fully saturated rings. The molecule has 3 rings (SSSR count). The van der Waals surface area contributed by atoms with Gasteiger partial charge >= 0.3 is 0 Å². The lowest BCUT2D eigenvalue weighted by atomic mass is 10.1. The molecule has 0 aromatic heterocycles. The van der Waals surface area contributed by atoms with Crippen molar-refractivity contribution < 1.29 is 23.4 Å². The largest absolute Gasteiger partial charge is 0.497 e. The van der Waals surface area contributed by atoms with Crippen molar-refractivity contribution in [1.29, 1.82) is 0 Å². The molecule has 6 nitrogen and oxygen atoms in total. The van der Waals surface area contributed by atoms with Crippen molar-refractivity contribution in [3.8, 4) is 17.2 Å². The Hall–Kier alpha value is -2.80. The van der Waals surface area contributed by atoms with Crippen LogP contribution in [-0.2, 0) is 17.8 Å². The second-order valence-corrected chi connectivity index (χ2v) is 6.98. The quantitative estimate of drug-likeness (QED) is 0.713. The van der Waals surface area contributed by atoms with E-state index >= 15 is 0 Å². The molecule has 1 heterocycles. The fourth-order valence-corrected chi connectivity index (χ4v) is 3.49. The van der Waals surface area contributed by atoms with Crippen molar-refractivity contribution in [1.82, 2.24) is 9.80 Å². The normalized spacial score (nSPS) is 14.6. The van der Waals surface area contributed by atoms with E-state index in [1.807, 2.05) is 23.1 Å². The van der Waals surface area contributed by atoms with E-state index in [-0.39, 0.29) is 23.9 Å². The summed E-state index contributed by atoms with van der Waals surface area (Å²) in [6, 6.07) is 10.5. The zero-order valence-electron chi connectivity index (χ0n) is 17.1. The van der Waals surface area contributed by atoms with Crippen LogP contribution in [0.15, 0.2) is 36.4 Å². The molecule has 0 atom stereocenters. The van der Waals surface area contributed by atoms with Crippen molar-refractivity contribution in [2.45, 2.75) is 13.0 Å². The van der Waals surface area contributed by atoms with E-state index in [2.05, 4.69) is 4.90 Å². The lowest BCUT2D eigenvalue weighted by molar-refractivity contribution is -0.132. The Morgan fingerprint density at radius 1 is 0.931 bits per heavy atom. The Morgan fingerprint density at radius 3 is 2.28 bits per heavy atom. The van der Waals surface area contributed by atoms with Gasteiger partial charge in [0.05, 0.1) is 27.8 Å². The maximum atomic E-state index is 13.9. The topological polar surface area (TPSA) is 51.2 Å². The first-order valence-electron chi connectivity index (χ1n) is 9.57. The molecule has 0 bridgehead atoms. The Morgan fingerprint density at radius 2 is 1.66 bits per heavy atom. The van der Waals surface area contributed by atoms with Crippen LogP contribution in [0.25, 0.3) is 0 Å². The van der Waals surface area contributed by atoms with E-state index in [1.54, 1.807) is 26.4 Å². The van der Waals surface area contributed by atoms with Gasteiger partial charge in [-0.3, -0.25) is 9.69 Å². The number of halogens is 1. The molecule has 1 saturated heterocycles. The smallest absolute Gasteiger partial charge is 0.227 e. The van der Waals surface area contributed by atoms with Crippen LogP contribution in [0.5, 0.6) is 17.2 Å². The Kier molecular flexibility index (Phi) is 6.93. The maximum Gasteiger partial charge on any atom is 0.227 e. The van der Waals surface area contributed by atoms with Crippen molar-refractivity contribution in [2.75, 3.05) is 47.5 Å². The average molecular weight is 402 g/mol. The summed E-state index contributed by atoms with van der Waals surface area (Å²) in [5.41, 5.74) is 1.74. The zero-order valence-corrected chi connectivity index (χ0v) is 17.1. The van der Waals surface area contributed by atoms with E-state index in [0.717, 1.165) is 24.2 Å². The third kappa shape index (κ3) is 5.17. The third-order valence-electron chi connectivity index (χ3n) is 5.18. The SMILES string of the molecule is COc1ccc(CC(=O)N2CCN(Cc3ccc(OC)c(F)c3)CC2)c(OC)c1. The van der Waals surface area contributed by atoms with Crippen LogP contribution < -0.4 is 14.2 Å². The highest BCUT2D eigenvalue weighted by molar-refractivity contribution is 5.79. The van der Waals surface area contributed by atoms with Crippen molar-refractivity contribution in [2.24, 2.45) is 0 Å². The van der Waals surface area contributed by atoms with Crippen LogP contribution in [0.3, 0.4) is 0 Å². The molecule has 1 amide bonds. The van der Waals surface area contributed by atoms with Crippen molar-refractivity contribution in [3.05, 3.63) is 53.3 Å². The number of nitrogens with zero attached hydrogens (tertiary/aromatic N) is 2. The van der Waals surface area contributed by atoms with Crippen LogP contribution in [0, 0.1) is 5.82 Å². The molecule has 0 N–H and O–H groups in total. The van der Waals surface area contributed by atoms with Gasteiger partial charge in [-0.1, -0.05) is 12.1 Å². The summed E-state index contributed by atoms with van der Waals surface area (Å²) in [4.78, 5) is 16.8. The number of carbonyl (C=O) groups is 1. The second-order valence-electron chi connectivity index (χ2n) is 6.98. The average Bonchev–Trinajstić information content (AvgIpc) is 2.74. The molecule has 0 radical (unpaired) electrons. The highest BCUT2D eigenvalue weighted by atomic mass is 19.1. The van der Waals surface area contributed by atoms with E-state index in [4.69, 9.17) is 14.2 Å². The molecular formula is C22H27FN2O4. The summed E-state index contributed by atoms with van der Waals surface area (Å²) in [5.74, 6) is 1.31. The van der Waals surface area contributed by atoms with Gasteiger partial charge in [0.15, 0.2) is 11.6 Å². The summed E-state index contributed by atoms with van der Waals surface area (Å²) in [6.45, 7) is 3.44. The number of hydrogen-bond donors (Lipinski definition) is 0. The highest BCUT2D eigenvalue weighted by Crippen LogP contribution is 2.25. The molecule has 2 aromatic carbocycles. The number of hydrogen-bond acceptors (Lipinski definition) is 5. The molecule has 1 aliphatic heterocycles. The number of carbonyl (C=O) groups excluding carboxylic acids is 1. The first-order valence-corrected chi connectivity index (χ1v) is 9.57. The number of rotatable bonds is 7. The molecule has 0 spiro atoms. The molecule has 0 unspecified atom stereocenters. The van der Waals surface area contributed by atoms with E-state index in [1.165, 1.54) is 13.2 Å². The predicted octanol–water partition coefficient (Wildman–Crippen LogP) is 2.74. The van der Waals surface area contributed by atoms with Gasteiger partial charge in [-0.25, -0.2) is 4.39 Å². The van der Waals surface area contributed by atoms with Gasteiger partial charge in [0.25, 0.3) is 0 Å². The lowest BCUT2D eigenvalue weighted by Crippen LogP contribution is -2.48. The van der Waals surface area contributed by atoms with E-state index in [9.17, 15) is 9.18 Å². The first kappa shape index (κ1) is 20.9. The minimum Gasteiger partial charge on any atom is -0.497 e. The molecular weight excluding hydrogens is 375 g/mol. The molecule has 156 valence electrons. The third-order valence-corrected chi connectivity index (χ3v) is 5.18. The Balaban J connectivity index is 1.54.